The smallest absolute Gasteiger partial charge is 0.416 e. The van der Waals surface area contributed by atoms with Crippen LogP contribution in [0.1, 0.15) is 24.3 Å². The molecule has 0 bridgehead atoms. The van der Waals surface area contributed by atoms with Crippen molar-refractivity contribution in [3.8, 4) is 5.75 Å². The van der Waals surface area contributed by atoms with E-state index in [0.717, 1.165) is 12.1 Å². The molecule has 118 valence electrons. The van der Waals surface area contributed by atoms with Gasteiger partial charge in [0, 0.05) is 0 Å². The van der Waals surface area contributed by atoms with Gasteiger partial charge in [-0.25, -0.2) is 0 Å². The Labute approximate surface area is 124 Å². The number of benzene rings is 1. The van der Waals surface area contributed by atoms with Crippen LogP contribution in [0.2, 0.25) is 0 Å². The van der Waals surface area contributed by atoms with Crippen molar-refractivity contribution in [3.63, 3.8) is 0 Å². The molecule has 1 aromatic carbocycles. The SMILES string of the molecule is C[C@@H](NC(=O)COc1ccc(C(F)(F)F)cc1)c1ccco1. The minimum atomic E-state index is -4.39. The van der Waals surface area contributed by atoms with E-state index in [9.17, 15) is 18.0 Å². The van der Waals surface area contributed by atoms with Crippen molar-refractivity contribution in [2.45, 2.75) is 19.1 Å². The molecule has 1 amide bonds. The van der Waals surface area contributed by atoms with Gasteiger partial charge in [0.25, 0.3) is 5.91 Å². The van der Waals surface area contributed by atoms with E-state index in [1.165, 1.54) is 18.4 Å². The summed E-state index contributed by atoms with van der Waals surface area (Å²) < 4.78 is 47.5. The topological polar surface area (TPSA) is 51.5 Å². The van der Waals surface area contributed by atoms with E-state index in [2.05, 4.69) is 5.32 Å². The standard InChI is InChI=1S/C15H14F3NO3/c1-10(13-3-2-8-21-13)19-14(20)9-22-12-6-4-11(5-7-12)15(16,17)18/h2-8,10H,9H2,1H3,(H,19,20)/t10-/m1/s1. The minimum absolute atomic E-state index is 0.189. The van der Waals surface area contributed by atoms with Crippen LogP contribution in [-0.2, 0) is 11.0 Å². The van der Waals surface area contributed by atoms with Gasteiger partial charge in [-0.05, 0) is 43.3 Å². The maximum absolute atomic E-state index is 12.4. The molecule has 1 atom stereocenters. The van der Waals surface area contributed by atoms with Gasteiger partial charge in [-0.2, -0.15) is 13.2 Å². The lowest BCUT2D eigenvalue weighted by Gasteiger charge is -2.12. The number of alkyl halides is 3. The summed E-state index contributed by atoms with van der Waals surface area (Å²) in [5.74, 6) is 0.389. The Kier molecular flexibility index (Phi) is 4.75. The first-order valence-electron chi connectivity index (χ1n) is 6.49. The number of carbonyl (C=O) groups is 1. The van der Waals surface area contributed by atoms with Crippen LogP contribution >= 0.6 is 0 Å². The van der Waals surface area contributed by atoms with Crippen molar-refractivity contribution < 1.29 is 27.1 Å². The second kappa shape index (κ2) is 6.55. The highest BCUT2D eigenvalue weighted by Crippen LogP contribution is 2.30. The van der Waals surface area contributed by atoms with Gasteiger partial charge in [0.15, 0.2) is 6.61 Å². The molecule has 0 aliphatic heterocycles. The average Bonchev–Trinajstić information content (AvgIpc) is 2.99. The van der Waals surface area contributed by atoms with Crippen LogP contribution in [0.4, 0.5) is 13.2 Å². The lowest BCUT2D eigenvalue weighted by Crippen LogP contribution is -2.31. The number of nitrogens with one attached hydrogen (secondary N) is 1. The van der Waals surface area contributed by atoms with Crippen LogP contribution in [0.3, 0.4) is 0 Å². The van der Waals surface area contributed by atoms with E-state index in [1.807, 2.05) is 0 Å². The normalized spacial score (nSPS) is 12.7. The first kappa shape index (κ1) is 15.9. The Morgan fingerprint density at radius 2 is 1.95 bits per heavy atom. The first-order valence-corrected chi connectivity index (χ1v) is 6.49. The third kappa shape index (κ3) is 4.28. The summed E-state index contributed by atoms with van der Waals surface area (Å²) in [6.07, 6.45) is -2.90. The number of ether oxygens (including phenoxy) is 1. The summed E-state index contributed by atoms with van der Waals surface area (Å²) in [6, 6.07) is 7.26. The third-order valence-electron chi connectivity index (χ3n) is 2.90. The molecule has 2 rings (SSSR count). The van der Waals surface area contributed by atoms with Gasteiger partial charge in [-0.1, -0.05) is 0 Å². The monoisotopic (exact) mass is 313 g/mol. The van der Waals surface area contributed by atoms with Crippen LogP contribution in [-0.4, -0.2) is 12.5 Å². The Balaban J connectivity index is 1.83. The summed E-state index contributed by atoms with van der Waals surface area (Å²) in [5, 5.41) is 2.65. The minimum Gasteiger partial charge on any atom is -0.484 e. The highest BCUT2D eigenvalue weighted by atomic mass is 19.4. The molecule has 0 aliphatic rings. The molecular weight excluding hydrogens is 299 g/mol. The van der Waals surface area contributed by atoms with Gasteiger partial charge in [-0.3, -0.25) is 4.79 Å². The second-order valence-corrected chi connectivity index (χ2v) is 4.62. The Morgan fingerprint density at radius 1 is 1.27 bits per heavy atom. The van der Waals surface area contributed by atoms with E-state index >= 15 is 0 Å². The number of amides is 1. The zero-order valence-corrected chi connectivity index (χ0v) is 11.7. The lowest BCUT2D eigenvalue weighted by atomic mass is 10.2. The molecule has 0 fully saturated rings. The van der Waals surface area contributed by atoms with Gasteiger partial charge in [0.2, 0.25) is 0 Å². The molecule has 1 heterocycles. The number of halogens is 3. The molecule has 1 N–H and O–H groups in total. The Hall–Kier alpha value is -2.44. The predicted molar refractivity (Wildman–Crippen MR) is 72.2 cm³/mol. The van der Waals surface area contributed by atoms with E-state index in [0.29, 0.717) is 5.76 Å². The van der Waals surface area contributed by atoms with Crippen LogP contribution in [0.25, 0.3) is 0 Å². The number of rotatable bonds is 5. The number of furan rings is 1. The Morgan fingerprint density at radius 3 is 2.50 bits per heavy atom. The fourth-order valence-electron chi connectivity index (χ4n) is 1.78. The van der Waals surface area contributed by atoms with E-state index in [1.54, 1.807) is 19.1 Å². The highest BCUT2D eigenvalue weighted by Gasteiger charge is 2.30. The molecule has 0 aliphatic carbocycles. The molecule has 0 unspecified atom stereocenters. The largest absolute Gasteiger partial charge is 0.484 e. The molecule has 0 saturated heterocycles. The molecular formula is C15H14F3NO3. The van der Waals surface area contributed by atoms with Crippen molar-refractivity contribution in [2.24, 2.45) is 0 Å². The zero-order valence-electron chi connectivity index (χ0n) is 11.7. The van der Waals surface area contributed by atoms with Gasteiger partial charge in [0.05, 0.1) is 17.9 Å². The van der Waals surface area contributed by atoms with Crippen molar-refractivity contribution >= 4 is 5.91 Å². The van der Waals surface area contributed by atoms with Crippen molar-refractivity contribution in [1.29, 1.82) is 0 Å². The van der Waals surface area contributed by atoms with E-state index in [-0.39, 0.29) is 18.4 Å². The average molecular weight is 313 g/mol. The van der Waals surface area contributed by atoms with Crippen LogP contribution in [0.15, 0.2) is 47.1 Å². The summed E-state index contributed by atoms with van der Waals surface area (Å²) in [7, 11) is 0. The third-order valence-corrected chi connectivity index (χ3v) is 2.90. The highest BCUT2D eigenvalue weighted by molar-refractivity contribution is 5.77. The van der Waals surface area contributed by atoms with Crippen molar-refractivity contribution in [3.05, 3.63) is 54.0 Å². The summed E-state index contributed by atoms with van der Waals surface area (Å²) in [4.78, 5) is 11.7. The summed E-state index contributed by atoms with van der Waals surface area (Å²) in [6.45, 7) is 1.45. The van der Waals surface area contributed by atoms with Crippen molar-refractivity contribution in [1.82, 2.24) is 5.32 Å². The number of carbonyl (C=O) groups excluding carboxylic acids is 1. The molecule has 1 aromatic heterocycles. The van der Waals surface area contributed by atoms with Crippen LogP contribution in [0.5, 0.6) is 5.75 Å². The fourth-order valence-corrected chi connectivity index (χ4v) is 1.78. The second-order valence-electron chi connectivity index (χ2n) is 4.62. The number of hydrogen-bond donors (Lipinski definition) is 1. The van der Waals surface area contributed by atoms with Crippen LogP contribution in [0, 0.1) is 0 Å². The summed E-state index contributed by atoms with van der Waals surface area (Å²) in [5.41, 5.74) is -0.768. The van der Waals surface area contributed by atoms with E-state index in [4.69, 9.17) is 9.15 Å². The van der Waals surface area contributed by atoms with E-state index < -0.39 is 17.6 Å². The summed E-state index contributed by atoms with van der Waals surface area (Å²) >= 11 is 0. The number of hydrogen-bond acceptors (Lipinski definition) is 3. The van der Waals surface area contributed by atoms with Crippen LogP contribution < -0.4 is 10.1 Å². The maximum atomic E-state index is 12.4. The van der Waals surface area contributed by atoms with Gasteiger partial charge < -0.3 is 14.5 Å². The maximum Gasteiger partial charge on any atom is 0.416 e. The molecule has 4 nitrogen and oxygen atoms in total. The lowest BCUT2D eigenvalue weighted by molar-refractivity contribution is -0.137. The quantitative estimate of drug-likeness (QED) is 0.918. The molecule has 0 saturated carbocycles. The van der Waals surface area contributed by atoms with Gasteiger partial charge >= 0.3 is 6.18 Å². The predicted octanol–water partition coefficient (Wildman–Crippen LogP) is 3.55. The first-order chi connectivity index (χ1) is 10.4. The zero-order chi connectivity index (χ0) is 16.2. The van der Waals surface area contributed by atoms with Crippen molar-refractivity contribution in [2.75, 3.05) is 6.61 Å². The van der Waals surface area contributed by atoms with Gasteiger partial charge in [-0.15, -0.1) is 0 Å². The molecule has 22 heavy (non-hydrogen) atoms. The fraction of sp³-hybridized carbons (Fsp3) is 0.267. The molecule has 7 heteroatoms. The Bertz CT molecular complexity index is 606. The van der Waals surface area contributed by atoms with Gasteiger partial charge in [0.1, 0.15) is 11.5 Å². The molecule has 0 radical (unpaired) electrons. The molecule has 0 spiro atoms. The molecule has 2 aromatic rings.